The number of phenolic OH excluding ortho intramolecular Hbond substituents is 1. The molecule has 1 aliphatic rings. The third-order valence-corrected chi connectivity index (χ3v) is 4.61. The maximum Gasteiger partial charge on any atom is 0.387 e. The first kappa shape index (κ1) is 19.8. The van der Waals surface area contributed by atoms with Crippen LogP contribution in [0.15, 0.2) is 42.2 Å². The van der Waals surface area contributed by atoms with Crippen LogP contribution in [0.4, 0.5) is 8.78 Å². The Kier molecular flexibility index (Phi) is 5.94. The van der Waals surface area contributed by atoms with Crippen LogP contribution in [0.1, 0.15) is 35.3 Å². The van der Waals surface area contributed by atoms with Crippen LogP contribution >= 0.6 is 0 Å². The van der Waals surface area contributed by atoms with Gasteiger partial charge in [-0.3, -0.25) is 9.69 Å². The number of aromatic hydroxyl groups is 1. The van der Waals surface area contributed by atoms with E-state index in [1.165, 1.54) is 24.3 Å². The number of benzene rings is 2. The molecule has 0 fully saturated rings. The average Bonchev–Trinajstić information content (AvgIpc) is 2.98. The molecule has 0 atom stereocenters. The number of rotatable bonds is 7. The van der Waals surface area contributed by atoms with Crippen LogP contribution < -0.4 is 9.47 Å². The lowest BCUT2D eigenvalue weighted by Gasteiger charge is -2.20. The number of phenols is 1. The molecule has 0 radical (unpaired) electrons. The van der Waals surface area contributed by atoms with Gasteiger partial charge in [0.05, 0.1) is 11.1 Å². The highest BCUT2D eigenvalue weighted by molar-refractivity contribution is 6.15. The van der Waals surface area contributed by atoms with Crippen molar-refractivity contribution >= 4 is 11.9 Å². The maximum atomic E-state index is 12.7. The number of fused-ring (bicyclic) bond motifs is 1. The van der Waals surface area contributed by atoms with E-state index in [9.17, 15) is 18.7 Å². The van der Waals surface area contributed by atoms with Gasteiger partial charge in [0.15, 0.2) is 5.76 Å². The molecule has 0 unspecified atom stereocenters. The summed E-state index contributed by atoms with van der Waals surface area (Å²) >= 11 is 0. The molecule has 0 amide bonds. The zero-order valence-electron chi connectivity index (χ0n) is 15.6. The van der Waals surface area contributed by atoms with Gasteiger partial charge in [-0.05, 0) is 37.4 Å². The zero-order valence-corrected chi connectivity index (χ0v) is 15.6. The van der Waals surface area contributed by atoms with Crippen LogP contribution in [-0.2, 0) is 6.54 Å². The molecule has 3 rings (SSSR count). The number of Topliss-reactive ketones (excluding diaryl/α,β-unsaturated/α-hetero) is 1. The molecule has 28 heavy (non-hydrogen) atoms. The first-order chi connectivity index (χ1) is 13.4. The predicted octanol–water partition coefficient (Wildman–Crippen LogP) is 4.45. The first-order valence-corrected chi connectivity index (χ1v) is 8.99. The number of halogens is 2. The summed E-state index contributed by atoms with van der Waals surface area (Å²) in [4.78, 5) is 14.8. The summed E-state index contributed by atoms with van der Waals surface area (Å²) in [5, 5.41) is 10.3. The molecule has 148 valence electrons. The van der Waals surface area contributed by atoms with Gasteiger partial charge in [0.2, 0.25) is 5.78 Å². The predicted molar refractivity (Wildman–Crippen MR) is 101 cm³/mol. The highest BCUT2D eigenvalue weighted by atomic mass is 19.3. The van der Waals surface area contributed by atoms with Crippen molar-refractivity contribution in [1.82, 2.24) is 4.90 Å². The molecule has 7 heteroatoms. The minimum Gasteiger partial charge on any atom is -0.507 e. The quantitative estimate of drug-likeness (QED) is 0.709. The fourth-order valence-electron chi connectivity index (χ4n) is 3.06. The zero-order chi connectivity index (χ0) is 20.3. The molecule has 0 bridgehead atoms. The van der Waals surface area contributed by atoms with Gasteiger partial charge in [-0.2, -0.15) is 8.78 Å². The monoisotopic (exact) mass is 389 g/mol. The minimum absolute atomic E-state index is 0.00767. The molecular weight excluding hydrogens is 368 g/mol. The first-order valence-electron chi connectivity index (χ1n) is 8.99. The lowest BCUT2D eigenvalue weighted by atomic mass is 10.0. The Morgan fingerprint density at radius 2 is 1.89 bits per heavy atom. The number of hydrogen-bond acceptors (Lipinski definition) is 5. The van der Waals surface area contributed by atoms with Gasteiger partial charge in [-0.25, -0.2) is 0 Å². The molecule has 1 aliphatic heterocycles. The molecule has 0 saturated heterocycles. The van der Waals surface area contributed by atoms with E-state index >= 15 is 0 Å². The van der Waals surface area contributed by atoms with E-state index in [0.29, 0.717) is 29.0 Å². The van der Waals surface area contributed by atoms with E-state index < -0.39 is 6.61 Å². The smallest absolute Gasteiger partial charge is 0.387 e. The molecule has 0 saturated carbocycles. The van der Waals surface area contributed by atoms with Gasteiger partial charge in [-0.1, -0.05) is 32.0 Å². The second-order valence-electron chi connectivity index (χ2n) is 6.26. The molecule has 0 aromatic heterocycles. The molecule has 1 N–H and O–H groups in total. The number of allylic oxidation sites excluding steroid dienone is 1. The number of ether oxygens (including phenoxy) is 2. The van der Waals surface area contributed by atoms with Crippen LogP contribution in [0.25, 0.3) is 6.08 Å². The Labute approximate surface area is 161 Å². The Bertz CT molecular complexity index is 907. The third-order valence-electron chi connectivity index (χ3n) is 4.61. The van der Waals surface area contributed by atoms with Crippen molar-refractivity contribution in [3.8, 4) is 17.2 Å². The minimum atomic E-state index is -2.98. The van der Waals surface area contributed by atoms with E-state index in [4.69, 9.17) is 4.74 Å². The molecular formula is C21H21F2NO4. The number of hydrogen-bond donors (Lipinski definition) is 1. The van der Waals surface area contributed by atoms with Crippen LogP contribution in [0.2, 0.25) is 0 Å². The van der Waals surface area contributed by atoms with E-state index in [1.807, 2.05) is 13.8 Å². The van der Waals surface area contributed by atoms with Gasteiger partial charge < -0.3 is 14.6 Å². The van der Waals surface area contributed by atoms with Crippen molar-refractivity contribution in [2.75, 3.05) is 13.1 Å². The molecule has 5 nitrogen and oxygen atoms in total. The van der Waals surface area contributed by atoms with Crippen LogP contribution in [0, 0.1) is 0 Å². The van der Waals surface area contributed by atoms with E-state index in [0.717, 1.165) is 13.1 Å². The molecule has 0 spiro atoms. The van der Waals surface area contributed by atoms with E-state index in [1.54, 1.807) is 18.2 Å². The number of alkyl halides is 2. The van der Waals surface area contributed by atoms with Crippen molar-refractivity contribution in [1.29, 1.82) is 0 Å². The Morgan fingerprint density at radius 3 is 2.57 bits per heavy atom. The van der Waals surface area contributed by atoms with Gasteiger partial charge in [0.1, 0.15) is 17.2 Å². The summed E-state index contributed by atoms with van der Waals surface area (Å²) < 4.78 is 35.5. The van der Waals surface area contributed by atoms with Crippen molar-refractivity contribution in [3.63, 3.8) is 0 Å². The molecule has 2 aromatic carbocycles. The normalized spacial score (nSPS) is 14.6. The van der Waals surface area contributed by atoms with Gasteiger partial charge in [0.25, 0.3) is 0 Å². The summed E-state index contributed by atoms with van der Waals surface area (Å²) in [5.41, 5.74) is 1.15. The second kappa shape index (κ2) is 8.39. The molecule has 2 aromatic rings. The second-order valence-corrected chi connectivity index (χ2v) is 6.26. The summed E-state index contributed by atoms with van der Waals surface area (Å²) in [6.45, 7) is 2.99. The third kappa shape index (κ3) is 3.99. The fourth-order valence-corrected chi connectivity index (χ4v) is 3.06. The molecule has 0 aliphatic carbocycles. The number of nitrogens with zero attached hydrogens (tertiary/aromatic N) is 1. The van der Waals surface area contributed by atoms with E-state index in [-0.39, 0.29) is 23.0 Å². The van der Waals surface area contributed by atoms with Crippen LogP contribution in [-0.4, -0.2) is 35.5 Å². The Morgan fingerprint density at radius 1 is 1.18 bits per heavy atom. The van der Waals surface area contributed by atoms with Crippen molar-refractivity contribution in [2.24, 2.45) is 0 Å². The Balaban J connectivity index is 1.97. The highest BCUT2D eigenvalue weighted by Crippen LogP contribution is 2.40. The van der Waals surface area contributed by atoms with Crippen LogP contribution in [0.5, 0.6) is 17.2 Å². The van der Waals surface area contributed by atoms with Gasteiger partial charge in [-0.15, -0.1) is 0 Å². The Hall–Kier alpha value is -2.93. The van der Waals surface area contributed by atoms with Crippen molar-refractivity contribution in [3.05, 3.63) is 58.8 Å². The fraction of sp³-hybridized carbons (Fsp3) is 0.286. The SMILES string of the molecule is CCN(CC)Cc1c(O)ccc2c1O/C(=C\c1ccccc1OC(F)F)C2=O. The standard InChI is InChI=1S/C21H21F2NO4/c1-3-24(4-2)12-15-16(25)10-9-14-19(26)18(27-20(14)15)11-13-7-5-6-8-17(13)28-21(22)23/h5-11,21,25H,3-4,12H2,1-2H3/b18-11-. The van der Waals surface area contributed by atoms with E-state index in [2.05, 4.69) is 9.64 Å². The maximum absolute atomic E-state index is 12.7. The number of ketones is 1. The number of carbonyl (C=O) groups excluding carboxylic acids is 1. The number of carbonyl (C=O) groups is 1. The average molecular weight is 389 g/mol. The largest absolute Gasteiger partial charge is 0.507 e. The van der Waals surface area contributed by atoms with Gasteiger partial charge >= 0.3 is 6.61 Å². The summed E-state index contributed by atoms with van der Waals surface area (Å²) in [7, 11) is 0. The van der Waals surface area contributed by atoms with Gasteiger partial charge in [0, 0.05) is 12.1 Å². The van der Waals surface area contributed by atoms with Crippen LogP contribution in [0.3, 0.4) is 0 Å². The van der Waals surface area contributed by atoms with Crippen molar-refractivity contribution in [2.45, 2.75) is 27.0 Å². The lowest BCUT2D eigenvalue weighted by Crippen LogP contribution is -2.22. The lowest BCUT2D eigenvalue weighted by molar-refractivity contribution is -0.0499. The summed E-state index contributed by atoms with van der Waals surface area (Å²) in [6, 6.07) is 9.12. The summed E-state index contributed by atoms with van der Waals surface area (Å²) in [5.74, 6) is -0.0885. The summed E-state index contributed by atoms with van der Waals surface area (Å²) in [6.07, 6.45) is 1.37. The molecule has 1 heterocycles. The highest BCUT2D eigenvalue weighted by Gasteiger charge is 2.31. The topological polar surface area (TPSA) is 59.0 Å². The van der Waals surface area contributed by atoms with Crippen molar-refractivity contribution < 1.29 is 28.2 Å². The number of para-hydroxylation sites is 1.